The van der Waals surface area contributed by atoms with Gasteiger partial charge in [-0.15, -0.1) is 0 Å². The van der Waals surface area contributed by atoms with Gasteiger partial charge in [0.2, 0.25) is 0 Å². The molecule has 0 saturated carbocycles. The van der Waals surface area contributed by atoms with Gasteiger partial charge in [0.25, 0.3) is 0 Å². The molecule has 0 saturated heterocycles. The molecule has 1 aromatic rings. The molecule has 100 valence electrons. The zero-order valence-electron chi connectivity index (χ0n) is 11.7. The first kappa shape index (κ1) is 14.9. The minimum atomic E-state index is -0.0551. The molecule has 0 N–H and O–H groups in total. The molecule has 0 bridgehead atoms. The number of aryl methyl sites for hydroxylation is 2. The Balaban J connectivity index is 2.47. The number of Topliss-reactive ketones (excluding diaryl/α,β-unsaturated/α-hetero) is 1. The summed E-state index contributed by atoms with van der Waals surface area (Å²) < 4.78 is 10.7. The molecule has 1 rings (SSSR count). The molecule has 0 aliphatic rings. The van der Waals surface area contributed by atoms with Gasteiger partial charge < -0.3 is 9.47 Å². The lowest BCUT2D eigenvalue weighted by molar-refractivity contribution is 0.00115. The van der Waals surface area contributed by atoms with E-state index in [2.05, 4.69) is 0 Å². The van der Waals surface area contributed by atoms with Crippen molar-refractivity contribution in [1.29, 1.82) is 0 Å². The molecule has 0 radical (unpaired) electrons. The Hall–Kier alpha value is -1.19. The third-order valence-electron chi connectivity index (χ3n) is 2.88. The van der Waals surface area contributed by atoms with Crippen LogP contribution in [0.2, 0.25) is 0 Å². The predicted octanol–water partition coefficient (Wildman–Crippen LogP) is 2.93. The van der Waals surface area contributed by atoms with Crippen LogP contribution in [0.25, 0.3) is 0 Å². The van der Waals surface area contributed by atoms with E-state index in [0.717, 1.165) is 5.56 Å². The standard InChI is InChI=1S/C15H22O3/c1-5-17-9-13(4)18-10-15(16)14-7-6-11(2)12(3)8-14/h6-8,13H,5,9-10H2,1-4H3. The lowest BCUT2D eigenvalue weighted by Gasteiger charge is -2.12. The Morgan fingerprint density at radius 3 is 2.61 bits per heavy atom. The molecule has 0 aliphatic carbocycles. The van der Waals surface area contributed by atoms with Crippen LogP contribution >= 0.6 is 0 Å². The van der Waals surface area contributed by atoms with E-state index in [1.54, 1.807) is 0 Å². The summed E-state index contributed by atoms with van der Waals surface area (Å²) in [5.74, 6) is 0.0152. The van der Waals surface area contributed by atoms with E-state index in [1.807, 2.05) is 45.9 Å². The molecule has 1 aromatic carbocycles. The second-order valence-electron chi connectivity index (χ2n) is 4.50. The van der Waals surface area contributed by atoms with Gasteiger partial charge in [0.05, 0.1) is 12.7 Å². The first-order valence-corrected chi connectivity index (χ1v) is 6.34. The van der Waals surface area contributed by atoms with Crippen LogP contribution in [0.15, 0.2) is 18.2 Å². The molecule has 1 atom stereocenters. The van der Waals surface area contributed by atoms with E-state index in [0.29, 0.717) is 18.8 Å². The van der Waals surface area contributed by atoms with Crippen LogP contribution in [-0.4, -0.2) is 31.7 Å². The average molecular weight is 250 g/mol. The van der Waals surface area contributed by atoms with Gasteiger partial charge in [0, 0.05) is 12.2 Å². The third kappa shape index (κ3) is 4.59. The minimum Gasteiger partial charge on any atom is -0.379 e. The van der Waals surface area contributed by atoms with Crippen LogP contribution < -0.4 is 0 Å². The van der Waals surface area contributed by atoms with Gasteiger partial charge in [-0.25, -0.2) is 0 Å². The van der Waals surface area contributed by atoms with Crippen LogP contribution in [0.1, 0.15) is 35.3 Å². The first-order chi connectivity index (χ1) is 8.54. The monoisotopic (exact) mass is 250 g/mol. The molecular weight excluding hydrogens is 228 g/mol. The van der Waals surface area contributed by atoms with Crippen LogP contribution in [-0.2, 0) is 9.47 Å². The first-order valence-electron chi connectivity index (χ1n) is 6.34. The summed E-state index contributed by atoms with van der Waals surface area (Å²) in [5, 5.41) is 0. The summed E-state index contributed by atoms with van der Waals surface area (Å²) in [7, 11) is 0. The molecule has 0 amide bonds. The van der Waals surface area contributed by atoms with E-state index in [9.17, 15) is 4.79 Å². The fourth-order valence-corrected chi connectivity index (χ4v) is 1.55. The summed E-state index contributed by atoms with van der Waals surface area (Å²) >= 11 is 0. The summed E-state index contributed by atoms with van der Waals surface area (Å²) in [4.78, 5) is 11.9. The Morgan fingerprint density at radius 2 is 2.00 bits per heavy atom. The van der Waals surface area contributed by atoms with Crippen molar-refractivity contribution >= 4 is 5.78 Å². The number of carbonyl (C=O) groups excluding carboxylic acids is 1. The highest BCUT2D eigenvalue weighted by Gasteiger charge is 2.10. The molecular formula is C15H22O3. The Kier molecular flexibility index (Phi) is 6.02. The minimum absolute atomic E-state index is 0.0152. The SMILES string of the molecule is CCOCC(C)OCC(=O)c1ccc(C)c(C)c1. The Labute approximate surface area is 109 Å². The highest BCUT2D eigenvalue weighted by atomic mass is 16.5. The quantitative estimate of drug-likeness (QED) is 0.698. The molecule has 0 aromatic heterocycles. The van der Waals surface area contributed by atoms with Gasteiger partial charge in [-0.1, -0.05) is 12.1 Å². The largest absolute Gasteiger partial charge is 0.379 e. The summed E-state index contributed by atoms with van der Waals surface area (Å²) in [6.45, 7) is 9.18. The van der Waals surface area contributed by atoms with E-state index < -0.39 is 0 Å². The smallest absolute Gasteiger partial charge is 0.188 e. The van der Waals surface area contributed by atoms with Gasteiger partial charge in [-0.2, -0.15) is 0 Å². The fraction of sp³-hybridized carbons (Fsp3) is 0.533. The fourth-order valence-electron chi connectivity index (χ4n) is 1.55. The number of rotatable bonds is 7. The number of carbonyl (C=O) groups is 1. The molecule has 0 heterocycles. The summed E-state index contributed by atoms with van der Waals surface area (Å²) in [6, 6.07) is 5.72. The highest BCUT2D eigenvalue weighted by Crippen LogP contribution is 2.10. The van der Waals surface area contributed by atoms with Crippen molar-refractivity contribution < 1.29 is 14.3 Å². The highest BCUT2D eigenvalue weighted by molar-refractivity contribution is 5.97. The van der Waals surface area contributed by atoms with Crippen molar-refractivity contribution in [1.82, 2.24) is 0 Å². The molecule has 3 nitrogen and oxygen atoms in total. The van der Waals surface area contributed by atoms with Gasteiger partial charge in [0.1, 0.15) is 6.61 Å². The lowest BCUT2D eigenvalue weighted by Crippen LogP contribution is -2.20. The van der Waals surface area contributed by atoms with Crippen molar-refractivity contribution in [2.24, 2.45) is 0 Å². The molecule has 0 spiro atoms. The topological polar surface area (TPSA) is 35.5 Å². The van der Waals surface area contributed by atoms with E-state index in [-0.39, 0.29) is 18.5 Å². The molecule has 0 aliphatic heterocycles. The number of benzene rings is 1. The van der Waals surface area contributed by atoms with Crippen molar-refractivity contribution in [3.8, 4) is 0 Å². The number of hydrogen-bond donors (Lipinski definition) is 0. The van der Waals surface area contributed by atoms with E-state index >= 15 is 0 Å². The molecule has 18 heavy (non-hydrogen) atoms. The van der Waals surface area contributed by atoms with Gasteiger partial charge >= 0.3 is 0 Å². The second-order valence-corrected chi connectivity index (χ2v) is 4.50. The molecule has 1 unspecified atom stereocenters. The van der Waals surface area contributed by atoms with Crippen molar-refractivity contribution in [2.75, 3.05) is 19.8 Å². The molecule has 0 fully saturated rings. The van der Waals surface area contributed by atoms with Crippen molar-refractivity contribution in [3.63, 3.8) is 0 Å². The van der Waals surface area contributed by atoms with Crippen LogP contribution in [0.4, 0.5) is 0 Å². The number of ketones is 1. The maximum Gasteiger partial charge on any atom is 0.188 e. The number of ether oxygens (including phenoxy) is 2. The van der Waals surface area contributed by atoms with Crippen LogP contribution in [0.3, 0.4) is 0 Å². The van der Waals surface area contributed by atoms with E-state index in [4.69, 9.17) is 9.47 Å². The Bertz CT molecular complexity index is 399. The second kappa shape index (κ2) is 7.29. The molecule has 3 heteroatoms. The average Bonchev–Trinajstić information content (AvgIpc) is 2.36. The zero-order valence-corrected chi connectivity index (χ0v) is 11.7. The summed E-state index contributed by atoms with van der Waals surface area (Å²) in [5.41, 5.74) is 3.03. The van der Waals surface area contributed by atoms with Crippen molar-refractivity contribution in [2.45, 2.75) is 33.8 Å². The number of hydrogen-bond acceptors (Lipinski definition) is 3. The van der Waals surface area contributed by atoms with Gasteiger partial charge in [-0.05, 0) is 44.9 Å². The van der Waals surface area contributed by atoms with E-state index in [1.165, 1.54) is 5.56 Å². The summed E-state index contributed by atoms with van der Waals surface area (Å²) in [6.07, 6.45) is -0.0551. The Morgan fingerprint density at radius 1 is 1.28 bits per heavy atom. The maximum atomic E-state index is 11.9. The zero-order chi connectivity index (χ0) is 13.5. The maximum absolute atomic E-state index is 11.9. The normalized spacial score (nSPS) is 12.4. The third-order valence-corrected chi connectivity index (χ3v) is 2.88. The van der Waals surface area contributed by atoms with Gasteiger partial charge in [-0.3, -0.25) is 4.79 Å². The van der Waals surface area contributed by atoms with Crippen LogP contribution in [0.5, 0.6) is 0 Å². The predicted molar refractivity (Wildman–Crippen MR) is 72.2 cm³/mol. The van der Waals surface area contributed by atoms with Gasteiger partial charge in [0.15, 0.2) is 5.78 Å². The van der Waals surface area contributed by atoms with Crippen LogP contribution in [0, 0.1) is 13.8 Å². The lowest BCUT2D eigenvalue weighted by atomic mass is 10.0. The van der Waals surface area contributed by atoms with Crippen molar-refractivity contribution in [3.05, 3.63) is 34.9 Å².